The van der Waals surface area contributed by atoms with E-state index in [1.165, 1.54) is 0 Å². The summed E-state index contributed by atoms with van der Waals surface area (Å²) in [6.45, 7) is -0.500. The Labute approximate surface area is 61.6 Å². The molecule has 0 aliphatic rings. The van der Waals surface area contributed by atoms with Crippen LogP contribution in [0, 0.1) is 0 Å². The molecule has 0 saturated heterocycles. The van der Waals surface area contributed by atoms with Crippen LogP contribution in [0.25, 0.3) is 0 Å². The molecule has 60 valence electrons. The summed E-state index contributed by atoms with van der Waals surface area (Å²) < 4.78 is 0. The molecule has 6 nitrogen and oxygen atoms in total. The van der Waals surface area contributed by atoms with E-state index in [4.69, 9.17) is 19.8 Å². The maximum absolute atomic E-state index is 8.36. The third-order valence-corrected chi connectivity index (χ3v) is 0. The molecule has 0 amide bonds. The topological polar surface area (TPSA) is 138 Å². The fraction of sp³-hybridized carbons (Fsp3) is 0. The van der Waals surface area contributed by atoms with Gasteiger partial charge in [-0.25, -0.2) is 0 Å². The molecular weight excluding hydrogens is 176 g/mol. The molecule has 6 N–H and O–H groups in total. The molecule has 0 aromatic rings. The van der Waals surface area contributed by atoms with E-state index in [-0.39, 0.29) is 41.0 Å². The normalized spacial score (nSPS) is 2.67. The second kappa shape index (κ2) is 158. The first-order valence-electron chi connectivity index (χ1n) is 0.988. The maximum Gasteiger partial charge on any atom is 0.290 e. The summed E-state index contributed by atoms with van der Waals surface area (Å²) in [5.74, 6) is 0. The first kappa shape index (κ1) is 40.0. The van der Waals surface area contributed by atoms with E-state index in [9.17, 15) is 0 Å². The minimum absolute atomic E-state index is 0. The number of carbonyl (C=O) groups is 2. The zero-order valence-electron chi connectivity index (χ0n) is 4.22. The van der Waals surface area contributed by atoms with Crippen LogP contribution < -0.4 is 0 Å². The summed E-state index contributed by atoms with van der Waals surface area (Å²) in [7, 11) is 0. The first-order valence-corrected chi connectivity index (χ1v) is 0.988. The Morgan fingerprint density at radius 1 is 0.889 bits per heavy atom. The van der Waals surface area contributed by atoms with Crippen molar-refractivity contribution in [3.05, 3.63) is 0 Å². The third-order valence-electron chi connectivity index (χ3n) is 0. The SMILES string of the molecule is O.O.O=CO.O=CO.[Fe]. The van der Waals surface area contributed by atoms with Crippen LogP contribution in [0.3, 0.4) is 0 Å². The maximum atomic E-state index is 8.36. The summed E-state index contributed by atoms with van der Waals surface area (Å²) in [6, 6.07) is 0. The number of carboxylic acid groups (broad SMARTS) is 2. The molecule has 0 fully saturated rings. The minimum Gasteiger partial charge on any atom is -0.483 e. The van der Waals surface area contributed by atoms with Gasteiger partial charge in [-0.05, 0) is 0 Å². The van der Waals surface area contributed by atoms with Crippen molar-refractivity contribution < 1.29 is 47.8 Å². The van der Waals surface area contributed by atoms with Crippen LogP contribution in [0.5, 0.6) is 0 Å². The van der Waals surface area contributed by atoms with Crippen molar-refractivity contribution in [1.29, 1.82) is 0 Å². The van der Waals surface area contributed by atoms with Crippen LogP contribution in [0.2, 0.25) is 0 Å². The van der Waals surface area contributed by atoms with E-state index in [1.807, 2.05) is 0 Å². The molecule has 0 radical (unpaired) electrons. The van der Waals surface area contributed by atoms with Gasteiger partial charge in [-0.2, -0.15) is 0 Å². The zero-order chi connectivity index (χ0) is 5.41. The van der Waals surface area contributed by atoms with Crippen molar-refractivity contribution in [2.45, 2.75) is 0 Å². The molecule has 0 bridgehead atoms. The Kier molecular flexibility index (Phi) is 701. The molecule has 0 heterocycles. The van der Waals surface area contributed by atoms with Crippen LogP contribution in [0.15, 0.2) is 0 Å². The zero-order valence-corrected chi connectivity index (χ0v) is 5.32. The summed E-state index contributed by atoms with van der Waals surface area (Å²) in [4.78, 5) is 16.7. The molecule has 0 atom stereocenters. The molecule has 0 aromatic heterocycles. The van der Waals surface area contributed by atoms with Crippen molar-refractivity contribution in [3.8, 4) is 0 Å². The van der Waals surface area contributed by atoms with E-state index >= 15 is 0 Å². The van der Waals surface area contributed by atoms with E-state index in [0.29, 0.717) is 0 Å². The van der Waals surface area contributed by atoms with Gasteiger partial charge in [0.25, 0.3) is 12.9 Å². The fourth-order valence-corrected chi connectivity index (χ4v) is 0. The van der Waals surface area contributed by atoms with Gasteiger partial charge in [0.2, 0.25) is 0 Å². The van der Waals surface area contributed by atoms with E-state index < -0.39 is 0 Å². The van der Waals surface area contributed by atoms with Crippen LogP contribution in [0.1, 0.15) is 0 Å². The Hall–Kier alpha value is -0.621. The Bertz CT molecular complexity index is 32.0. The molecule has 9 heavy (non-hydrogen) atoms. The summed E-state index contributed by atoms with van der Waals surface area (Å²) in [5, 5.41) is 13.8. The second-order valence-corrected chi connectivity index (χ2v) is 0.211. The second-order valence-electron chi connectivity index (χ2n) is 0.211. The van der Waals surface area contributed by atoms with Gasteiger partial charge in [-0.1, -0.05) is 0 Å². The smallest absolute Gasteiger partial charge is 0.290 e. The van der Waals surface area contributed by atoms with Gasteiger partial charge in [-0.15, -0.1) is 0 Å². The van der Waals surface area contributed by atoms with Crippen LogP contribution in [-0.2, 0) is 26.7 Å². The standard InChI is InChI=1S/2CH2O2.Fe.2H2O/c2*2-1-3;;;/h2*1H,(H,2,3);;2*1H2. The van der Waals surface area contributed by atoms with Crippen molar-refractivity contribution in [3.63, 3.8) is 0 Å². The average Bonchev–Trinajstić information content (AvgIpc) is 1.39. The van der Waals surface area contributed by atoms with Crippen molar-refractivity contribution in [1.82, 2.24) is 0 Å². The van der Waals surface area contributed by atoms with Gasteiger partial charge in [-0.3, -0.25) is 9.59 Å². The Morgan fingerprint density at radius 2 is 0.889 bits per heavy atom. The molecule has 0 spiro atoms. The fourth-order valence-electron chi connectivity index (χ4n) is 0. The number of rotatable bonds is 0. The van der Waals surface area contributed by atoms with Crippen molar-refractivity contribution in [2.24, 2.45) is 0 Å². The predicted molar refractivity (Wildman–Crippen MR) is 24.6 cm³/mol. The molecule has 0 saturated carbocycles. The van der Waals surface area contributed by atoms with Crippen LogP contribution >= 0.6 is 0 Å². The quantitative estimate of drug-likeness (QED) is 0.324. The number of hydrogen-bond acceptors (Lipinski definition) is 2. The van der Waals surface area contributed by atoms with Gasteiger partial charge in [0.15, 0.2) is 0 Å². The van der Waals surface area contributed by atoms with Gasteiger partial charge in [0, 0.05) is 17.1 Å². The summed E-state index contributed by atoms with van der Waals surface area (Å²) in [6.07, 6.45) is 0. The molecule has 7 heteroatoms. The largest absolute Gasteiger partial charge is 0.483 e. The summed E-state index contributed by atoms with van der Waals surface area (Å²) in [5.41, 5.74) is 0. The molecular formula is C2H8FeO6. The van der Waals surface area contributed by atoms with Crippen LogP contribution in [0.4, 0.5) is 0 Å². The molecule has 0 unspecified atom stereocenters. The van der Waals surface area contributed by atoms with Gasteiger partial charge in [0.05, 0.1) is 0 Å². The minimum atomic E-state index is -0.250. The molecule has 0 aliphatic carbocycles. The first-order chi connectivity index (χ1) is 2.83. The molecule has 0 aliphatic heterocycles. The molecule has 0 rings (SSSR count). The predicted octanol–water partition coefficient (Wildman–Crippen LogP) is -2.25. The van der Waals surface area contributed by atoms with Crippen molar-refractivity contribution in [2.75, 3.05) is 0 Å². The third kappa shape index (κ3) is 555. The van der Waals surface area contributed by atoms with Gasteiger partial charge in [0.1, 0.15) is 0 Å². The van der Waals surface area contributed by atoms with E-state index in [2.05, 4.69) is 0 Å². The number of hydrogen-bond donors (Lipinski definition) is 2. The Morgan fingerprint density at radius 3 is 0.889 bits per heavy atom. The summed E-state index contributed by atoms with van der Waals surface area (Å²) >= 11 is 0. The monoisotopic (exact) mass is 184 g/mol. The molecule has 0 aromatic carbocycles. The van der Waals surface area contributed by atoms with Gasteiger partial charge < -0.3 is 21.2 Å². The van der Waals surface area contributed by atoms with E-state index in [0.717, 1.165) is 0 Å². The van der Waals surface area contributed by atoms with E-state index in [1.54, 1.807) is 0 Å². The van der Waals surface area contributed by atoms with Crippen LogP contribution in [-0.4, -0.2) is 34.1 Å². The average molecular weight is 184 g/mol. The Balaban J connectivity index is -0.00000000889. The van der Waals surface area contributed by atoms with Gasteiger partial charge >= 0.3 is 0 Å². The van der Waals surface area contributed by atoms with Crippen molar-refractivity contribution >= 4 is 12.9 Å².